The number of pyridine rings is 1. The number of aromatic hydroxyl groups is 1. The topological polar surface area (TPSA) is 76.9 Å². The van der Waals surface area contributed by atoms with Crippen LogP contribution in [0, 0.1) is 0 Å². The highest BCUT2D eigenvalue weighted by Crippen LogP contribution is 2.25. The van der Waals surface area contributed by atoms with Crippen LogP contribution in [0.4, 0.5) is 5.82 Å². The van der Waals surface area contributed by atoms with Crippen LogP contribution >= 0.6 is 23.2 Å². The van der Waals surface area contributed by atoms with E-state index in [1.54, 1.807) is 24.4 Å². The monoisotopic (exact) mass is 411 g/mol. The van der Waals surface area contributed by atoms with Gasteiger partial charge in [0.1, 0.15) is 11.6 Å². The molecule has 0 unspecified atom stereocenters. The highest BCUT2D eigenvalue weighted by atomic mass is 35.5. The summed E-state index contributed by atoms with van der Waals surface area (Å²) in [5.74, 6) is 0.990. The zero-order chi connectivity index (χ0) is 19.8. The Morgan fingerprint density at radius 2 is 1.89 bits per heavy atom. The molecule has 3 rings (SSSR count). The van der Waals surface area contributed by atoms with Crippen LogP contribution in [0.2, 0.25) is 10.0 Å². The predicted molar refractivity (Wildman–Crippen MR) is 107 cm³/mol. The molecule has 1 saturated heterocycles. The molecule has 8 heteroatoms. The fourth-order valence-corrected chi connectivity index (χ4v) is 2.90. The largest absolute Gasteiger partial charge is 0.508 e. The quantitative estimate of drug-likeness (QED) is 0.806. The number of hydrogen-bond donors (Lipinski definition) is 2. The summed E-state index contributed by atoms with van der Waals surface area (Å²) in [7, 11) is 1.84. The van der Waals surface area contributed by atoms with Crippen LogP contribution in [0.15, 0.2) is 36.5 Å². The first-order valence-electron chi connectivity index (χ1n) is 8.59. The molecule has 1 aromatic carbocycles. The molecule has 0 saturated carbocycles. The number of phenolic OH excluding ortho intramolecular Hbond substituents is 1. The first-order chi connectivity index (χ1) is 12.9. The first-order valence-corrected chi connectivity index (χ1v) is 9.35. The fourth-order valence-electron chi connectivity index (χ4n) is 2.60. The molecule has 27 heavy (non-hydrogen) atoms. The van der Waals surface area contributed by atoms with Gasteiger partial charge in [0.15, 0.2) is 0 Å². The average molecular weight is 412 g/mol. The Kier molecular flexibility index (Phi) is 8.16. The Morgan fingerprint density at radius 1 is 1.19 bits per heavy atom. The first kappa shape index (κ1) is 21.3. The number of aliphatic hydroxyl groups is 1. The van der Waals surface area contributed by atoms with E-state index in [0.29, 0.717) is 22.4 Å². The number of carbonyl (C=O) groups is 1. The highest BCUT2D eigenvalue weighted by molar-refractivity contribution is 6.42. The van der Waals surface area contributed by atoms with Gasteiger partial charge in [0.25, 0.3) is 0 Å². The molecule has 1 fully saturated rings. The van der Waals surface area contributed by atoms with Crippen LogP contribution in [-0.4, -0.2) is 52.7 Å². The second-order valence-electron chi connectivity index (χ2n) is 6.22. The second kappa shape index (κ2) is 10.3. The second-order valence-corrected chi connectivity index (χ2v) is 7.04. The normalized spacial score (nSPS) is 13.1. The van der Waals surface area contributed by atoms with Crippen molar-refractivity contribution >= 4 is 34.9 Å². The van der Waals surface area contributed by atoms with Gasteiger partial charge in [-0.25, -0.2) is 4.98 Å². The smallest absolute Gasteiger partial charge is 0.242 e. The van der Waals surface area contributed by atoms with Gasteiger partial charge in [-0.05, 0) is 48.7 Å². The highest BCUT2D eigenvalue weighted by Gasteiger charge is 2.19. The molecule has 146 valence electrons. The minimum atomic E-state index is -0.0105. The molecule has 2 aromatic rings. The Hall–Kier alpha value is -2.02. The van der Waals surface area contributed by atoms with E-state index in [4.69, 9.17) is 33.4 Å². The number of hydrogen-bond acceptors (Lipinski definition) is 5. The number of aliphatic hydroxyl groups excluding tert-OH is 1. The minimum Gasteiger partial charge on any atom is -0.508 e. The standard InChI is InChI=1S/C13H19N3O2.C6H4Cl2O/c1-15(9-13(18)16-6-2-3-7-16)12-8-11(10-17)4-5-14-12;7-5-2-1-4(9)3-6(5)8/h4-5,8,17H,2-3,6-7,9-10H2,1H3;1-3,9H. The van der Waals surface area contributed by atoms with Gasteiger partial charge in [0.2, 0.25) is 5.91 Å². The van der Waals surface area contributed by atoms with Crippen LogP contribution in [0.3, 0.4) is 0 Å². The van der Waals surface area contributed by atoms with Gasteiger partial charge >= 0.3 is 0 Å². The Bertz CT molecular complexity index is 768. The molecule has 0 aliphatic carbocycles. The third kappa shape index (κ3) is 6.57. The van der Waals surface area contributed by atoms with Gasteiger partial charge in [-0.2, -0.15) is 0 Å². The summed E-state index contributed by atoms with van der Waals surface area (Å²) >= 11 is 11.1. The van der Waals surface area contributed by atoms with Gasteiger partial charge in [-0.3, -0.25) is 4.79 Å². The van der Waals surface area contributed by atoms with E-state index >= 15 is 0 Å². The molecule has 1 aliphatic rings. The van der Waals surface area contributed by atoms with Crippen LogP contribution < -0.4 is 4.90 Å². The summed E-state index contributed by atoms with van der Waals surface area (Å²) in [5, 5.41) is 18.7. The molecule has 6 nitrogen and oxygen atoms in total. The molecule has 2 heterocycles. The molecule has 1 aliphatic heterocycles. The third-order valence-electron chi connectivity index (χ3n) is 4.12. The van der Waals surface area contributed by atoms with Gasteiger partial charge < -0.3 is 20.0 Å². The zero-order valence-electron chi connectivity index (χ0n) is 15.1. The lowest BCUT2D eigenvalue weighted by atomic mass is 10.2. The number of carbonyl (C=O) groups excluding carboxylic acids is 1. The van der Waals surface area contributed by atoms with Crippen molar-refractivity contribution in [3.05, 3.63) is 52.1 Å². The van der Waals surface area contributed by atoms with E-state index < -0.39 is 0 Å². The van der Waals surface area contributed by atoms with Gasteiger partial charge in [-0.1, -0.05) is 23.2 Å². The maximum atomic E-state index is 12.0. The number of halogens is 2. The summed E-state index contributed by atoms with van der Waals surface area (Å²) in [4.78, 5) is 19.9. The van der Waals surface area contributed by atoms with Crippen molar-refractivity contribution in [3.63, 3.8) is 0 Å². The van der Waals surface area contributed by atoms with Crippen LogP contribution in [-0.2, 0) is 11.4 Å². The number of nitrogens with zero attached hydrogens (tertiary/aromatic N) is 3. The predicted octanol–water partition coefficient (Wildman–Crippen LogP) is 3.33. The SMILES string of the molecule is CN(CC(=O)N1CCCC1)c1cc(CO)ccn1.Oc1ccc(Cl)c(Cl)c1. The lowest BCUT2D eigenvalue weighted by molar-refractivity contribution is -0.128. The number of benzene rings is 1. The van der Waals surface area contributed by atoms with E-state index in [2.05, 4.69) is 4.98 Å². The minimum absolute atomic E-state index is 0.0105. The third-order valence-corrected chi connectivity index (χ3v) is 4.86. The van der Waals surface area contributed by atoms with Gasteiger partial charge in [0, 0.05) is 26.3 Å². The van der Waals surface area contributed by atoms with Gasteiger partial charge in [-0.15, -0.1) is 0 Å². The number of aromatic nitrogens is 1. The van der Waals surface area contributed by atoms with Crippen LogP contribution in [0.25, 0.3) is 0 Å². The van der Waals surface area contributed by atoms with E-state index in [-0.39, 0.29) is 18.3 Å². The van der Waals surface area contributed by atoms with Crippen molar-refractivity contribution in [2.45, 2.75) is 19.4 Å². The molecule has 1 aromatic heterocycles. The van der Waals surface area contributed by atoms with Crippen LogP contribution in [0.1, 0.15) is 18.4 Å². The molecule has 0 bridgehead atoms. The van der Waals surface area contributed by atoms with Crippen molar-refractivity contribution < 1.29 is 15.0 Å². The molecule has 2 N–H and O–H groups in total. The Labute approximate surface area is 169 Å². The van der Waals surface area contributed by atoms with E-state index in [0.717, 1.165) is 31.5 Å². The van der Waals surface area contributed by atoms with Crippen LogP contribution in [0.5, 0.6) is 5.75 Å². The molecule has 0 radical (unpaired) electrons. The molecule has 1 amide bonds. The molecule has 0 spiro atoms. The average Bonchev–Trinajstić information content (AvgIpc) is 3.20. The molecule has 0 atom stereocenters. The summed E-state index contributed by atoms with van der Waals surface area (Å²) in [5.41, 5.74) is 0.806. The number of phenols is 1. The number of rotatable bonds is 4. The number of amides is 1. The lowest BCUT2D eigenvalue weighted by Gasteiger charge is -2.22. The maximum absolute atomic E-state index is 12.0. The van der Waals surface area contributed by atoms with E-state index in [9.17, 15) is 4.79 Å². The van der Waals surface area contributed by atoms with Crippen molar-refractivity contribution in [1.29, 1.82) is 0 Å². The van der Waals surface area contributed by atoms with Gasteiger partial charge in [0.05, 0.1) is 23.2 Å². The summed E-state index contributed by atoms with van der Waals surface area (Å²) in [6.07, 6.45) is 3.86. The zero-order valence-corrected chi connectivity index (χ0v) is 16.6. The summed E-state index contributed by atoms with van der Waals surface area (Å²) < 4.78 is 0. The summed E-state index contributed by atoms with van der Waals surface area (Å²) in [6.45, 7) is 2.07. The lowest BCUT2D eigenvalue weighted by Crippen LogP contribution is -2.37. The fraction of sp³-hybridized carbons (Fsp3) is 0.368. The number of likely N-dealkylation sites (N-methyl/N-ethyl adjacent to an activating group) is 1. The van der Waals surface area contributed by atoms with Crippen molar-refractivity contribution in [3.8, 4) is 5.75 Å². The van der Waals surface area contributed by atoms with E-state index in [1.807, 2.05) is 16.8 Å². The summed E-state index contributed by atoms with van der Waals surface area (Å²) in [6, 6.07) is 7.98. The Morgan fingerprint density at radius 3 is 2.48 bits per heavy atom. The molecular weight excluding hydrogens is 389 g/mol. The Balaban J connectivity index is 0.000000244. The molecular formula is C19H23Cl2N3O3. The maximum Gasteiger partial charge on any atom is 0.242 e. The number of likely N-dealkylation sites (tertiary alicyclic amines) is 1. The van der Waals surface area contributed by atoms with E-state index in [1.165, 1.54) is 12.1 Å². The van der Waals surface area contributed by atoms with Crippen molar-refractivity contribution in [2.24, 2.45) is 0 Å². The van der Waals surface area contributed by atoms with Crippen molar-refractivity contribution in [1.82, 2.24) is 9.88 Å². The number of anilines is 1. The van der Waals surface area contributed by atoms with Crippen molar-refractivity contribution in [2.75, 3.05) is 31.6 Å².